The van der Waals surface area contributed by atoms with Crippen LogP contribution in [-0.4, -0.2) is 16.7 Å². The number of phenolic OH excluding ortho intramolecular Hbond substituents is 1. The van der Waals surface area contributed by atoms with E-state index in [1.807, 2.05) is 65.8 Å². The monoisotopic (exact) mass is 435 g/mol. The molecule has 160 valence electrons. The van der Waals surface area contributed by atoms with Crippen molar-refractivity contribution in [2.75, 3.05) is 0 Å². The second-order valence-electron chi connectivity index (χ2n) is 7.91. The van der Waals surface area contributed by atoms with Crippen molar-refractivity contribution in [3.63, 3.8) is 0 Å². The fourth-order valence-electron chi connectivity index (χ4n) is 4.30. The standard InChI is InChI=1S/C26H26O3.H2OP/c1-14-10-16(3)22(17(4)11-14)25(28)20-8-7-9-21(27)24(20)26(29)23-18(5)12-15(2)13-19(23)6;1-2/h7-13,27H,1-6H3;2H2/q;+1. The van der Waals surface area contributed by atoms with Crippen molar-refractivity contribution in [1.29, 1.82) is 0 Å². The Morgan fingerprint density at radius 3 is 1.45 bits per heavy atom. The van der Waals surface area contributed by atoms with E-state index in [0.29, 0.717) is 11.1 Å². The van der Waals surface area contributed by atoms with Crippen molar-refractivity contribution in [3.8, 4) is 5.75 Å². The maximum absolute atomic E-state index is 13.5. The molecule has 0 aliphatic rings. The van der Waals surface area contributed by atoms with Gasteiger partial charge in [0.15, 0.2) is 11.6 Å². The van der Waals surface area contributed by atoms with Gasteiger partial charge in [0.25, 0.3) is 0 Å². The minimum Gasteiger partial charge on any atom is -0.507 e. The van der Waals surface area contributed by atoms with E-state index in [0.717, 1.165) is 33.4 Å². The van der Waals surface area contributed by atoms with E-state index in [-0.39, 0.29) is 28.4 Å². The predicted molar refractivity (Wildman–Crippen MR) is 127 cm³/mol. The van der Waals surface area contributed by atoms with Crippen molar-refractivity contribution in [2.24, 2.45) is 0 Å². The van der Waals surface area contributed by atoms with E-state index in [1.54, 1.807) is 12.1 Å². The van der Waals surface area contributed by atoms with Gasteiger partial charge in [-0.1, -0.05) is 52.1 Å². The van der Waals surface area contributed by atoms with Crippen LogP contribution in [0.25, 0.3) is 0 Å². The summed E-state index contributed by atoms with van der Waals surface area (Å²) in [7, 11) is 1.17. The van der Waals surface area contributed by atoms with Crippen LogP contribution in [-0.2, 0) is 4.57 Å². The number of phenols is 1. The van der Waals surface area contributed by atoms with Gasteiger partial charge in [0, 0.05) is 16.7 Å². The molecule has 0 bridgehead atoms. The van der Waals surface area contributed by atoms with E-state index < -0.39 is 0 Å². The largest absolute Gasteiger partial charge is 0.507 e. The molecule has 0 aliphatic heterocycles. The number of carbonyl (C=O) groups excluding carboxylic acids is 2. The number of aryl methyl sites for hydroxylation is 6. The molecule has 1 N–H and O–H groups in total. The van der Waals surface area contributed by atoms with Crippen LogP contribution < -0.4 is 0 Å². The summed E-state index contributed by atoms with van der Waals surface area (Å²) in [6.07, 6.45) is 0. The molecule has 3 rings (SSSR count). The van der Waals surface area contributed by atoms with E-state index >= 15 is 0 Å². The average molecular weight is 435 g/mol. The fraction of sp³-hybridized carbons (Fsp3) is 0.231. The Morgan fingerprint density at radius 1 is 0.645 bits per heavy atom. The van der Waals surface area contributed by atoms with Crippen LogP contribution in [0.5, 0.6) is 5.75 Å². The van der Waals surface area contributed by atoms with Crippen LogP contribution in [0.4, 0.5) is 0 Å². The molecule has 0 heterocycles. The summed E-state index contributed by atoms with van der Waals surface area (Å²) >= 11 is 0. The molecular weight excluding hydrogens is 407 g/mol. The van der Waals surface area contributed by atoms with Crippen LogP contribution in [0, 0.1) is 41.5 Å². The summed E-state index contributed by atoms with van der Waals surface area (Å²) in [5, 5.41) is 10.6. The lowest BCUT2D eigenvalue weighted by molar-refractivity contribution is 0.0999. The minimum atomic E-state index is -0.330. The zero-order chi connectivity index (χ0) is 23.5. The summed E-state index contributed by atoms with van der Waals surface area (Å²) in [4.78, 5) is 27.0. The molecule has 1 atom stereocenters. The van der Waals surface area contributed by atoms with Crippen LogP contribution in [0.3, 0.4) is 0 Å². The Bertz CT molecular complexity index is 1130. The van der Waals surface area contributed by atoms with Gasteiger partial charge in [-0.3, -0.25) is 9.59 Å². The van der Waals surface area contributed by atoms with E-state index in [1.165, 1.54) is 15.2 Å². The topological polar surface area (TPSA) is 71.4 Å². The van der Waals surface area contributed by atoms with Crippen LogP contribution >= 0.6 is 9.12 Å². The molecule has 0 aromatic heterocycles. The summed E-state index contributed by atoms with van der Waals surface area (Å²) in [5.74, 6) is -0.756. The first-order valence-electron chi connectivity index (χ1n) is 9.92. The van der Waals surface area contributed by atoms with E-state index in [4.69, 9.17) is 4.57 Å². The van der Waals surface area contributed by atoms with Crippen LogP contribution in [0.1, 0.15) is 65.2 Å². The second kappa shape index (κ2) is 9.80. The van der Waals surface area contributed by atoms with Gasteiger partial charge in [-0.05, 0) is 69.9 Å². The third kappa shape index (κ3) is 4.81. The molecule has 0 amide bonds. The van der Waals surface area contributed by atoms with Gasteiger partial charge in [-0.25, -0.2) is 0 Å². The number of benzene rings is 3. The van der Waals surface area contributed by atoms with Gasteiger partial charge in [-0.2, -0.15) is 0 Å². The average Bonchev–Trinajstić information content (AvgIpc) is 2.67. The number of hydrogen-bond acceptors (Lipinski definition) is 4. The lowest BCUT2D eigenvalue weighted by atomic mass is 9.86. The third-order valence-corrected chi connectivity index (χ3v) is 5.32. The van der Waals surface area contributed by atoms with Gasteiger partial charge in [0.1, 0.15) is 5.75 Å². The number of aromatic hydroxyl groups is 1. The number of rotatable bonds is 4. The third-order valence-electron chi connectivity index (χ3n) is 5.32. The molecule has 5 heteroatoms. The van der Waals surface area contributed by atoms with Crippen molar-refractivity contribution in [2.45, 2.75) is 41.5 Å². The molecule has 3 aromatic rings. The van der Waals surface area contributed by atoms with Crippen molar-refractivity contribution < 1.29 is 19.3 Å². The van der Waals surface area contributed by atoms with E-state index in [2.05, 4.69) is 0 Å². The SMILES string of the molecule is Cc1cc(C)c(C(=O)c2cccc(O)c2C(=O)c2c(C)cc(C)cc2C)c(C)c1.O=[PH2+]. The first-order valence-corrected chi connectivity index (χ1v) is 10.4. The first kappa shape index (κ1) is 24.2. The first-order chi connectivity index (χ1) is 14.6. The van der Waals surface area contributed by atoms with Crippen LogP contribution in [0.15, 0.2) is 42.5 Å². The molecule has 0 aliphatic carbocycles. The predicted octanol–water partition coefficient (Wildman–Crippen LogP) is 5.91. The molecule has 3 aromatic carbocycles. The Labute approximate surface area is 185 Å². The molecular formula is C26H28O4P+. The molecule has 0 saturated heterocycles. The summed E-state index contributed by atoms with van der Waals surface area (Å²) in [6, 6.07) is 12.5. The zero-order valence-electron chi connectivity index (χ0n) is 18.8. The Morgan fingerprint density at radius 2 is 1.03 bits per heavy atom. The Balaban J connectivity index is 0.00000166. The highest BCUT2D eigenvalue weighted by atomic mass is 31.0. The van der Waals surface area contributed by atoms with Gasteiger partial charge in [-0.15, -0.1) is 0 Å². The Kier molecular flexibility index (Phi) is 7.65. The molecule has 4 nitrogen and oxygen atoms in total. The normalized spacial score (nSPS) is 10.3. The summed E-state index contributed by atoms with van der Waals surface area (Å²) < 4.78 is 8.17. The van der Waals surface area contributed by atoms with Gasteiger partial charge >= 0.3 is 9.12 Å². The number of hydrogen-bond donors (Lipinski definition) is 1. The maximum Gasteiger partial charge on any atom is 0.310 e. The quantitative estimate of drug-likeness (QED) is 0.408. The Hall–Kier alpha value is -3.10. The van der Waals surface area contributed by atoms with Crippen LogP contribution in [0.2, 0.25) is 0 Å². The highest BCUT2D eigenvalue weighted by Gasteiger charge is 2.26. The molecule has 0 radical (unpaired) electrons. The fourth-order valence-corrected chi connectivity index (χ4v) is 4.30. The number of ketones is 2. The van der Waals surface area contributed by atoms with Crippen molar-refractivity contribution >= 4 is 20.7 Å². The second-order valence-corrected chi connectivity index (χ2v) is 7.91. The molecule has 0 fully saturated rings. The highest BCUT2D eigenvalue weighted by Crippen LogP contribution is 2.30. The van der Waals surface area contributed by atoms with Crippen molar-refractivity contribution in [1.82, 2.24) is 0 Å². The lowest BCUT2D eigenvalue weighted by Crippen LogP contribution is -2.15. The zero-order valence-corrected chi connectivity index (χ0v) is 19.9. The highest BCUT2D eigenvalue weighted by molar-refractivity contribution is 7.00. The maximum atomic E-state index is 13.5. The smallest absolute Gasteiger partial charge is 0.310 e. The summed E-state index contributed by atoms with van der Waals surface area (Å²) in [5.41, 5.74) is 6.92. The van der Waals surface area contributed by atoms with Gasteiger partial charge in [0.2, 0.25) is 0 Å². The minimum absolute atomic E-state index is 0.0620. The van der Waals surface area contributed by atoms with Crippen molar-refractivity contribution in [3.05, 3.63) is 98.1 Å². The van der Waals surface area contributed by atoms with Gasteiger partial charge < -0.3 is 5.11 Å². The van der Waals surface area contributed by atoms with Gasteiger partial charge in [0.05, 0.1) is 5.56 Å². The molecule has 0 saturated carbocycles. The molecule has 1 unspecified atom stereocenters. The summed E-state index contributed by atoms with van der Waals surface area (Å²) in [6.45, 7) is 11.5. The number of carbonyl (C=O) groups is 2. The lowest BCUT2D eigenvalue weighted by Gasteiger charge is -2.16. The molecule has 31 heavy (non-hydrogen) atoms. The molecule has 0 spiro atoms. The van der Waals surface area contributed by atoms with E-state index in [9.17, 15) is 14.7 Å².